The summed E-state index contributed by atoms with van der Waals surface area (Å²) in [6, 6.07) is 10.5. The summed E-state index contributed by atoms with van der Waals surface area (Å²) < 4.78 is 1.30. The van der Waals surface area contributed by atoms with Crippen molar-refractivity contribution in [1.82, 2.24) is 14.6 Å². The molecule has 1 aliphatic carbocycles. The monoisotopic (exact) mass is 409 g/mol. The molecule has 0 amide bonds. The molecule has 3 aromatic rings. The number of nitrogens with two attached hydrogens (primary N) is 1. The molecule has 1 aromatic carbocycles. The SMILES string of the molecule is Nn1c(CN2CCN(c3ccccc3)CC2)nc2sc3c(c2c1=O)CCCCC3. The van der Waals surface area contributed by atoms with Crippen LogP contribution < -0.4 is 16.3 Å². The van der Waals surface area contributed by atoms with Crippen LogP contribution >= 0.6 is 11.3 Å². The summed E-state index contributed by atoms with van der Waals surface area (Å²) in [6.45, 7) is 4.42. The summed E-state index contributed by atoms with van der Waals surface area (Å²) >= 11 is 1.70. The summed E-state index contributed by atoms with van der Waals surface area (Å²) in [5, 5.41) is 0.770. The molecule has 152 valence electrons. The van der Waals surface area contributed by atoms with Crippen molar-refractivity contribution in [3.63, 3.8) is 0 Å². The van der Waals surface area contributed by atoms with Gasteiger partial charge in [0, 0.05) is 36.7 Å². The Morgan fingerprint density at radius 3 is 2.55 bits per heavy atom. The molecule has 0 saturated carbocycles. The molecule has 2 aromatic heterocycles. The minimum atomic E-state index is -0.0766. The van der Waals surface area contributed by atoms with Crippen molar-refractivity contribution in [3.05, 3.63) is 57.0 Å². The van der Waals surface area contributed by atoms with Crippen LogP contribution in [0.1, 0.15) is 35.5 Å². The fraction of sp³-hybridized carbons (Fsp3) is 0.455. The normalized spacial score (nSPS) is 18.0. The molecule has 6 nitrogen and oxygen atoms in total. The van der Waals surface area contributed by atoms with Crippen molar-refractivity contribution in [1.29, 1.82) is 0 Å². The maximum atomic E-state index is 13.1. The minimum absolute atomic E-state index is 0.0766. The maximum absolute atomic E-state index is 13.1. The Morgan fingerprint density at radius 1 is 1.00 bits per heavy atom. The Kier molecular flexibility index (Phi) is 5.01. The molecule has 29 heavy (non-hydrogen) atoms. The van der Waals surface area contributed by atoms with Gasteiger partial charge in [-0.2, -0.15) is 0 Å². The Labute approximate surface area is 174 Å². The highest BCUT2D eigenvalue weighted by molar-refractivity contribution is 7.18. The highest BCUT2D eigenvalue weighted by Gasteiger charge is 2.23. The lowest BCUT2D eigenvalue weighted by Gasteiger charge is -2.36. The number of hydrogen-bond donors (Lipinski definition) is 1. The van der Waals surface area contributed by atoms with Gasteiger partial charge in [-0.15, -0.1) is 11.3 Å². The quantitative estimate of drug-likeness (QED) is 0.532. The molecule has 0 atom stereocenters. The Morgan fingerprint density at radius 2 is 1.76 bits per heavy atom. The number of aryl methyl sites for hydroxylation is 2. The Bertz CT molecular complexity index is 1070. The van der Waals surface area contributed by atoms with E-state index in [4.69, 9.17) is 10.8 Å². The molecule has 1 fully saturated rings. The van der Waals surface area contributed by atoms with Gasteiger partial charge in [0.25, 0.3) is 5.56 Å². The molecule has 2 aliphatic rings. The number of para-hydroxylation sites is 1. The summed E-state index contributed by atoms with van der Waals surface area (Å²) in [5.74, 6) is 6.90. The molecule has 1 aliphatic heterocycles. The zero-order chi connectivity index (χ0) is 19.8. The number of piperazine rings is 1. The zero-order valence-electron chi connectivity index (χ0n) is 16.6. The number of fused-ring (bicyclic) bond motifs is 3. The van der Waals surface area contributed by atoms with Gasteiger partial charge >= 0.3 is 0 Å². The second-order valence-corrected chi connectivity index (χ2v) is 9.13. The van der Waals surface area contributed by atoms with E-state index in [1.165, 1.54) is 33.6 Å². The van der Waals surface area contributed by atoms with Crippen LogP contribution in [0.15, 0.2) is 35.1 Å². The van der Waals surface area contributed by atoms with Crippen molar-refractivity contribution in [2.24, 2.45) is 0 Å². The topological polar surface area (TPSA) is 67.4 Å². The first-order valence-corrected chi connectivity index (χ1v) is 11.4. The number of thiophene rings is 1. The number of nitrogens with zero attached hydrogens (tertiary/aromatic N) is 4. The van der Waals surface area contributed by atoms with Gasteiger partial charge < -0.3 is 10.7 Å². The fourth-order valence-electron chi connectivity index (χ4n) is 4.55. The van der Waals surface area contributed by atoms with Crippen LogP contribution in [-0.4, -0.2) is 40.7 Å². The van der Waals surface area contributed by atoms with Crippen LogP contribution in [0, 0.1) is 0 Å². The average Bonchev–Trinajstić information content (AvgIpc) is 2.94. The maximum Gasteiger partial charge on any atom is 0.280 e. The molecule has 0 unspecified atom stereocenters. The Hall–Kier alpha value is -2.38. The van der Waals surface area contributed by atoms with Crippen molar-refractivity contribution in [2.75, 3.05) is 36.9 Å². The fourth-order valence-corrected chi connectivity index (χ4v) is 5.82. The van der Waals surface area contributed by atoms with Crippen LogP contribution in [0.5, 0.6) is 0 Å². The smallest absolute Gasteiger partial charge is 0.280 e. The molecular formula is C22H27N5OS. The summed E-state index contributed by atoms with van der Waals surface area (Å²) in [6.07, 6.45) is 5.63. The first-order valence-electron chi connectivity index (χ1n) is 10.5. The van der Waals surface area contributed by atoms with Crippen molar-refractivity contribution >= 4 is 27.2 Å². The lowest BCUT2D eigenvalue weighted by atomic mass is 10.1. The number of anilines is 1. The zero-order valence-corrected chi connectivity index (χ0v) is 17.5. The molecule has 0 spiro atoms. The largest absolute Gasteiger partial charge is 0.369 e. The number of rotatable bonds is 3. The number of aromatic nitrogens is 2. The van der Waals surface area contributed by atoms with Crippen LogP contribution in [0.25, 0.3) is 10.2 Å². The van der Waals surface area contributed by atoms with Gasteiger partial charge in [0.05, 0.1) is 11.9 Å². The van der Waals surface area contributed by atoms with E-state index in [1.54, 1.807) is 11.3 Å². The highest BCUT2D eigenvalue weighted by Crippen LogP contribution is 2.33. The molecule has 1 saturated heterocycles. The van der Waals surface area contributed by atoms with E-state index in [2.05, 4.69) is 34.1 Å². The van der Waals surface area contributed by atoms with Gasteiger partial charge in [-0.1, -0.05) is 24.6 Å². The second-order valence-electron chi connectivity index (χ2n) is 8.05. The lowest BCUT2D eigenvalue weighted by Crippen LogP contribution is -2.47. The Balaban J connectivity index is 1.36. The molecular weight excluding hydrogens is 382 g/mol. The van der Waals surface area contributed by atoms with Gasteiger partial charge in [-0.25, -0.2) is 9.66 Å². The molecule has 0 radical (unpaired) electrons. The summed E-state index contributed by atoms with van der Waals surface area (Å²) in [5.41, 5.74) is 2.40. The van der Waals surface area contributed by atoms with Crippen LogP contribution in [0.3, 0.4) is 0 Å². The van der Waals surface area contributed by atoms with Crippen molar-refractivity contribution in [2.45, 2.75) is 38.6 Å². The van der Waals surface area contributed by atoms with E-state index in [-0.39, 0.29) is 5.56 Å². The first kappa shape index (κ1) is 18.6. The third kappa shape index (κ3) is 3.53. The van der Waals surface area contributed by atoms with Crippen molar-refractivity contribution < 1.29 is 0 Å². The van der Waals surface area contributed by atoms with Gasteiger partial charge in [-0.05, 0) is 43.4 Å². The average molecular weight is 410 g/mol. The van der Waals surface area contributed by atoms with Crippen LogP contribution in [0.4, 0.5) is 5.69 Å². The summed E-state index contributed by atoms with van der Waals surface area (Å²) in [4.78, 5) is 24.9. The van der Waals surface area contributed by atoms with Crippen molar-refractivity contribution in [3.8, 4) is 0 Å². The lowest BCUT2D eigenvalue weighted by molar-refractivity contribution is 0.241. The van der Waals surface area contributed by atoms with E-state index < -0.39 is 0 Å². The predicted molar refractivity (Wildman–Crippen MR) is 119 cm³/mol. The van der Waals surface area contributed by atoms with Crippen LogP contribution in [-0.2, 0) is 19.4 Å². The van der Waals surface area contributed by atoms with E-state index in [9.17, 15) is 4.79 Å². The predicted octanol–water partition coefficient (Wildman–Crippen LogP) is 2.76. The molecule has 0 bridgehead atoms. The highest BCUT2D eigenvalue weighted by atomic mass is 32.1. The number of nitrogen functional groups attached to an aromatic ring is 1. The van der Waals surface area contributed by atoms with Crippen LogP contribution in [0.2, 0.25) is 0 Å². The molecule has 3 heterocycles. The molecule has 7 heteroatoms. The second kappa shape index (κ2) is 7.80. The van der Waals surface area contributed by atoms with Gasteiger partial charge in [0.1, 0.15) is 10.7 Å². The van der Waals surface area contributed by atoms with E-state index >= 15 is 0 Å². The minimum Gasteiger partial charge on any atom is -0.369 e. The van der Waals surface area contributed by atoms with E-state index in [0.717, 1.165) is 55.7 Å². The van der Waals surface area contributed by atoms with E-state index in [0.29, 0.717) is 12.4 Å². The summed E-state index contributed by atoms with van der Waals surface area (Å²) in [7, 11) is 0. The third-order valence-electron chi connectivity index (χ3n) is 6.20. The van der Waals surface area contributed by atoms with E-state index in [1.807, 2.05) is 6.07 Å². The van der Waals surface area contributed by atoms with Gasteiger partial charge in [-0.3, -0.25) is 9.69 Å². The first-order chi connectivity index (χ1) is 14.2. The molecule has 2 N–H and O–H groups in total. The number of hydrogen-bond acceptors (Lipinski definition) is 6. The van der Waals surface area contributed by atoms with Gasteiger partial charge in [0.2, 0.25) is 0 Å². The molecule has 5 rings (SSSR count). The number of benzene rings is 1. The third-order valence-corrected chi connectivity index (χ3v) is 7.39. The standard InChI is InChI=1S/C22H27N5OS/c23-27-19(15-25-11-13-26(14-12-25)16-7-3-1-4-8-16)24-21-20(22(27)28)17-9-5-2-6-10-18(17)29-21/h1,3-4,7-8H,2,5-6,9-15,23H2. The van der Waals surface area contributed by atoms with Gasteiger partial charge in [0.15, 0.2) is 0 Å².